The fourth-order valence-corrected chi connectivity index (χ4v) is 3.28. The summed E-state index contributed by atoms with van der Waals surface area (Å²) in [5.41, 5.74) is 5.83. The molecule has 2 aromatic rings. The van der Waals surface area contributed by atoms with Crippen molar-refractivity contribution in [1.29, 1.82) is 0 Å². The number of aryl methyl sites for hydroxylation is 1. The van der Waals surface area contributed by atoms with Gasteiger partial charge in [0.1, 0.15) is 11.9 Å². The molecule has 0 aliphatic heterocycles. The number of carbonyl (C=O) groups is 2. The molecule has 1 aliphatic rings. The molecule has 0 saturated heterocycles. The van der Waals surface area contributed by atoms with Crippen molar-refractivity contribution in [1.82, 2.24) is 20.4 Å². The lowest BCUT2D eigenvalue weighted by atomic mass is 9.86. The number of fused-ring (bicyclic) bond motifs is 1. The third-order valence-corrected chi connectivity index (χ3v) is 5.08. The van der Waals surface area contributed by atoms with Crippen LogP contribution in [0.2, 0.25) is 0 Å². The Labute approximate surface area is 170 Å². The summed E-state index contributed by atoms with van der Waals surface area (Å²) < 4.78 is 15.4. The molecule has 4 N–H and O–H groups in total. The molecule has 1 aromatic heterocycles. The van der Waals surface area contributed by atoms with E-state index in [0.717, 1.165) is 25.7 Å². The van der Waals surface area contributed by atoms with Crippen LogP contribution in [0.15, 0.2) is 18.2 Å². The van der Waals surface area contributed by atoms with Crippen molar-refractivity contribution in [3.05, 3.63) is 29.7 Å². The Kier molecular flexibility index (Phi) is 6.21. The molecule has 8 heteroatoms. The van der Waals surface area contributed by atoms with Crippen molar-refractivity contribution < 1.29 is 14.0 Å². The minimum atomic E-state index is -0.700. The first kappa shape index (κ1) is 21.2. The predicted octanol–water partition coefficient (Wildman–Crippen LogP) is 2.34. The predicted molar refractivity (Wildman–Crippen MR) is 110 cm³/mol. The average Bonchev–Trinajstić information content (AvgIpc) is 3.38. The van der Waals surface area contributed by atoms with Crippen molar-refractivity contribution in [2.45, 2.75) is 65.1 Å². The van der Waals surface area contributed by atoms with Crippen LogP contribution in [0.25, 0.3) is 10.9 Å². The zero-order valence-corrected chi connectivity index (χ0v) is 17.3. The zero-order chi connectivity index (χ0) is 21.2. The van der Waals surface area contributed by atoms with Crippen molar-refractivity contribution in [2.75, 3.05) is 6.54 Å². The molecule has 2 amide bonds. The lowest BCUT2D eigenvalue weighted by molar-refractivity contribution is -0.125. The van der Waals surface area contributed by atoms with Gasteiger partial charge in [-0.15, -0.1) is 0 Å². The van der Waals surface area contributed by atoms with Gasteiger partial charge in [-0.1, -0.05) is 20.8 Å². The largest absolute Gasteiger partial charge is 0.352 e. The van der Waals surface area contributed by atoms with E-state index < -0.39 is 17.4 Å². The molecule has 1 aromatic carbocycles. The van der Waals surface area contributed by atoms with Crippen molar-refractivity contribution in [3.8, 4) is 0 Å². The summed E-state index contributed by atoms with van der Waals surface area (Å²) in [4.78, 5) is 25.8. The lowest BCUT2D eigenvalue weighted by Gasteiger charge is -2.30. The van der Waals surface area contributed by atoms with E-state index in [2.05, 4.69) is 15.7 Å². The molecule has 1 fully saturated rings. The molecule has 0 bridgehead atoms. The van der Waals surface area contributed by atoms with Crippen LogP contribution >= 0.6 is 0 Å². The third kappa shape index (κ3) is 5.12. The van der Waals surface area contributed by atoms with Gasteiger partial charge in [0, 0.05) is 18.0 Å². The quantitative estimate of drug-likeness (QED) is 0.589. The molecule has 29 heavy (non-hydrogen) atoms. The van der Waals surface area contributed by atoms with Crippen LogP contribution in [0.4, 0.5) is 4.39 Å². The zero-order valence-electron chi connectivity index (χ0n) is 17.3. The Bertz CT molecular complexity index is 898. The molecule has 1 aliphatic carbocycles. The summed E-state index contributed by atoms with van der Waals surface area (Å²) in [5.74, 6) is -1.02. The standard InChI is InChI=1S/C21H30FN5O2/c1-21(2,3)18(20(29)24-14-7-8-14)25-19(28)17-15-9-6-13(22)12-16(15)27(26-17)11-5-4-10-23/h6,9,12,14,18H,4-5,7-8,10-11,23H2,1-3H3,(H,24,29)(H,25,28)/t18-/m1/s1. The first-order valence-electron chi connectivity index (χ1n) is 10.2. The van der Waals surface area contributed by atoms with Gasteiger partial charge in [0.2, 0.25) is 5.91 Å². The number of hydrogen-bond acceptors (Lipinski definition) is 4. The van der Waals surface area contributed by atoms with Gasteiger partial charge in [0.25, 0.3) is 5.91 Å². The van der Waals surface area contributed by atoms with E-state index in [-0.39, 0.29) is 23.5 Å². The van der Waals surface area contributed by atoms with Crippen LogP contribution < -0.4 is 16.4 Å². The maximum atomic E-state index is 13.8. The van der Waals surface area contributed by atoms with E-state index >= 15 is 0 Å². The molecular weight excluding hydrogens is 373 g/mol. The normalized spacial score (nSPS) is 15.3. The first-order valence-corrected chi connectivity index (χ1v) is 10.2. The summed E-state index contributed by atoms with van der Waals surface area (Å²) in [6, 6.07) is 3.75. The fraction of sp³-hybridized carbons (Fsp3) is 0.571. The summed E-state index contributed by atoms with van der Waals surface area (Å²) in [6.45, 7) is 6.82. The van der Waals surface area contributed by atoms with Gasteiger partial charge in [-0.05, 0) is 55.8 Å². The highest BCUT2D eigenvalue weighted by molar-refractivity contribution is 6.06. The number of nitrogens with one attached hydrogen (secondary N) is 2. The number of amides is 2. The van der Waals surface area contributed by atoms with Crippen LogP contribution in [0.5, 0.6) is 0 Å². The van der Waals surface area contributed by atoms with Gasteiger partial charge >= 0.3 is 0 Å². The van der Waals surface area contributed by atoms with E-state index in [1.165, 1.54) is 12.1 Å². The van der Waals surface area contributed by atoms with Crippen LogP contribution in [0, 0.1) is 11.2 Å². The molecule has 1 atom stereocenters. The van der Waals surface area contributed by atoms with E-state index in [0.29, 0.717) is 24.0 Å². The summed E-state index contributed by atoms with van der Waals surface area (Å²) in [6.07, 6.45) is 3.53. The van der Waals surface area contributed by atoms with Crippen LogP contribution in [0.1, 0.15) is 56.9 Å². The van der Waals surface area contributed by atoms with E-state index in [1.54, 1.807) is 10.7 Å². The van der Waals surface area contributed by atoms with Crippen LogP contribution in [0.3, 0.4) is 0 Å². The minimum absolute atomic E-state index is 0.189. The number of benzene rings is 1. The topological polar surface area (TPSA) is 102 Å². The highest BCUT2D eigenvalue weighted by Crippen LogP contribution is 2.25. The van der Waals surface area contributed by atoms with E-state index in [1.807, 2.05) is 20.8 Å². The monoisotopic (exact) mass is 403 g/mol. The molecular formula is C21H30FN5O2. The number of rotatable bonds is 8. The lowest BCUT2D eigenvalue weighted by Crippen LogP contribution is -2.54. The fourth-order valence-electron chi connectivity index (χ4n) is 3.28. The second-order valence-corrected chi connectivity index (χ2v) is 8.78. The van der Waals surface area contributed by atoms with Crippen LogP contribution in [-0.4, -0.2) is 40.2 Å². The second-order valence-electron chi connectivity index (χ2n) is 8.78. The Hall–Kier alpha value is -2.48. The highest BCUT2D eigenvalue weighted by atomic mass is 19.1. The van der Waals surface area contributed by atoms with E-state index in [4.69, 9.17) is 5.73 Å². The highest BCUT2D eigenvalue weighted by Gasteiger charge is 2.36. The number of carbonyl (C=O) groups excluding carboxylic acids is 2. The number of unbranched alkanes of at least 4 members (excludes halogenated alkanes) is 1. The number of nitrogens with zero attached hydrogens (tertiary/aromatic N) is 2. The smallest absolute Gasteiger partial charge is 0.273 e. The Balaban J connectivity index is 1.87. The molecule has 0 radical (unpaired) electrons. The second kappa shape index (κ2) is 8.49. The van der Waals surface area contributed by atoms with Crippen molar-refractivity contribution >= 4 is 22.7 Å². The van der Waals surface area contributed by atoms with Gasteiger partial charge in [-0.25, -0.2) is 4.39 Å². The Morgan fingerprint density at radius 2 is 2.03 bits per heavy atom. The number of nitrogens with two attached hydrogens (primary N) is 1. The van der Waals surface area contributed by atoms with Gasteiger partial charge < -0.3 is 16.4 Å². The number of halogens is 1. The molecule has 7 nitrogen and oxygen atoms in total. The molecule has 158 valence electrons. The van der Waals surface area contributed by atoms with E-state index in [9.17, 15) is 14.0 Å². The van der Waals surface area contributed by atoms with Crippen molar-refractivity contribution in [3.63, 3.8) is 0 Å². The summed E-state index contributed by atoms with van der Waals surface area (Å²) in [7, 11) is 0. The molecule has 0 unspecified atom stereocenters. The Morgan fingerprint density at radius 1 is 1.31 bits per heavy atom. The summed E-state index contributed by atoms with van der Waals surface area (Å²) >= 11 is 0. The maximum absolute atomic E-state index is 13.8. The van der Waals surface area contributed by atoms with Gasteiger partial charge in [0.05, 0.1) is 5.52 Å². The van der Waals surface area contributed by atoms with Gasteiger partial charge in [-0.2, -0.15) is 5.10 Å². The van der Waals surface area contributed by atoms with Gasteiger partial charge in [-0.3, -0.25) is 14.3 Å². The molecule has 0 spiro atoms. The number of hydrogen-bond donors (Lipinski definition) is 3. The Morgan fingerprint density at radius 3 is 2.66 bits per heavy atom. The molecule has 3 rings (SSSR count). The maximum Gasteiger partial charge on any atom is 0.273 e. The summed E-state index contributed by atoms with van der Waals surface area (Å²) in [5, 5.41) is 10.8. The minimum Gasteiger partial charge on any atom is -0.352 e. The molecule has 1 saturated carbocycles. The third-order valence-electron chi connectivity index (χ3n) is 5.08. The van der Waals surface area contributed by atoms with Crippen LogP contribution in [-0.2, 0) is 11.3 Å². The number of aromatic nitrogens is 2. The average molecular weight is 404 g/mol. The van der Waals surface area contributed by atoms with Gasteiger partial charge in [0.15, 0.2) is 5.69 Å². The first-order chi connectivity index (χ1) is 13.7. The molecule has 1 heterocycles. The van der Waals surface area contributed by atoms with Crippen molar-refractivity contribution in [2.24, 2.45) is 11.1 Å². The SMILES string of the molecule is CC(C)(C)[C@H](NC(=O)c1nn(CCCCN)c2cc(F)ccc12)C(=O)NC1CC1.